The minimum atomic E-state index is -0.543. The number of nitrogens with one attached hydrogen (secondary N) is 1. The van der Waals surface area contributed by atoms with Crippen LogP contribution in [0.15, 0.2) is 18.2 Å². The van der Waals surface area contributed by atoms with Gasteiger partial charge in [-0.05, 0) is 37.9 Å². The van der Waals surface area contributed by atoms with E-state index in [1.54, 1.807) is 4.90 Å². The summed E-state index contributed by atoms with van der Waals surface area (Å²) in [5.41, 5.74) is 0.165. The Bertz CT molecular complexity index is 473. The Kier molecular flexibility index (Phi) is 4.95. The maximum absolute atomic E-state index is 13.0. The number of aromatic hydroxyl groups is 1. The SMILES string of the molecule is CCCN(CC1CCCN1)C(=O)c1ccc(F)cc1O. The molecule has 110 valence electrons. The molecule has 0 bridgehead atoms. The van der Waals surface area contributed by atoms with Gasteiger partial charge >= 0.3 is 0 Å². The van der Waals surface area contributed by atoms with Crippen LogP contribution < -0.4 is 5.32 Å². The first kappa shape index (κ1) is 14.8. The molecule has 1 atom stereocenters. The number of hydrogen-bond donors (Lipinski definition) is 2. The molecule has 1 heterocycles. The van der Waals surface area contributed by atoms with Crippen LogP contribution in [0.25, 0.3) is 0 Å². The fourth-order valence-corrected chi connectivity index (χ4v) is 2.58. The maximum atomic E-state index is 13.0. The largest absolute Gasteiger partial charge is 0.507 e. The van der Waals surface area contributed by atoms with Gasteiger partial charge in [0.2, 0.25) is 0 Å². The third-order valence-corrected chi connectivity index (χ3v) is 3.57. The topological polar surface area (TPSA) is 52.6 Å². The molecule has 2 rings (SSSR count). The van der Waals surface area contributed by atoms with Gasteiger partial charge in [0.15, 0.2) is 0 Å². The number of hydrogen-bond acceptors (Lipinski definition) is 3. The lowest BCUT2D eigenvalue weighted by molar-refractivity contribution is 0.0738. The van der Waals surface area contributed by atoms with Gasteiger partial charge in [0.1, 0.15) is 11.6 Å². The molecular formula is C15H21FN2O2. The number of phenols is 1. The van der Waals surface area contributed by atoms with Crippen molar-refractivity contribution in [2.24, 2.45) is 0 Å². The predicted octanol–water partition coefficient (Wildman–Crippen LogP) is 2.14. The molecule has 1 unspecified atom stereocenters. The summed E-state index contributed by atoms with van der Waals surface area (Å²) in [4.78, 5) is 14.2. The maximum Gasteiger partial charge on any atom is 0.257 e. The van der Waals surface area contributed by atoms with Gasteiger partial charge in [0.25, 0.3) is 5.91 Å². The lowest BCUT2D eigenvalue weighted by Crippen LogP contribution is -2.41. The smallest absolute Gasteiger partial charge is 0.257 e. The number of rotatable bonds is 5. The van der Waals surface area contributed by atoms with Crippen molar-refractivity contribution >= 4 is 5.91 Å². The van der Waals surface area contributed by atoms with Gasteiger partial charge in [-0.2, -0.15) is 0 Å². The second-order valence-corrected chi connectivity index (χ2v) is 5.21. The first-order valence-corrected chi connectivity index (χ1v) is 7.13. The van der Waals surface area contributed by atoms with E-state index in [1.807, 2.05) is 6.92 Å². The molecule has 5 heteroatoms. The van der Waals surface area contributed by atoms with E-state index in [2.05, 4.69) is 5.32 Å². The Morgan fingerprint density at radius 2 is 2.35 bits per heavy atom. The number of benzene rings is 1. The molecule has 0 aliphatic carbocycles. The van der Waals surface area contributed by atoms with Gasteiger partial charge in [-0.25, -0.2) is 4.39 Å². The summed E-state index contributed by atoms with van der Waals surface area (Å²) >= 11 is 0. The molecule has 1 aromatic rings. The highest BCUT2D eigenvalue weighted by Gasteiger charge is 2.23. The van der Waals surface area contributed by atoms with Crippen LogP contribution in [-0.2, 0) is 0 Å². The number of halogens is 1. The third kappa shape index (κ3) is 3.48. The Hall–Kier alpha value is -1.62. The van der Waals surface area contributed by atoms with Gasteiger partial charge in [0.05, 0.1) is 5.56 Å². The second-order valence-electron chi connectivity index (χ2n) is 5.21. The molecule has 1 fully saturated rings. The highest BCUT2D eigenvalue weighted by Crippen LogP contribution is 2.21. The monoisotopic (exact) mass is 280 g/mol. The van der Waals surface area contributed by atoms with E-state index in [4.69, 9.17) is 0 Å². The molecule has 0 saturated carbocycles. The van der Waals surface area contributed by atoms with Crippen LogP contribution >= 0.6 is 0 Å². The van der Waals surface area contributed by atoms with Crippen LogP contribution in [0, 0.1) is 5.82 Å². The molecule has 2 N–H and O–H groups in total. The zero-order valence-corrected chi connectivity index (χ0v) is 11.7. The zero-order valence-electron chi connectivity index (χ0n) is 11.7. The summed E-state index contributed by atoms with van der Waals surface area (Å²) in [6.45, 7) is 4.25. The first-order chi connectivity index (χ1) is 9.61. The van der Waals surface area contributed by atoms with Crippen LogP contribution in [-0.4, -0.2) is 41.6 Å². The molecule has 0 aromatic heterocycles. The number of amides is 1. The van der Waals surface area contributed by atoms with E-state index >= 15 is 0 Å². The van der Waals surface area contributed by atoms with E-state index in [0.29, 0.717) is 19.1 Å². The summed E-state index contributed by atoms with van der Waals surface area (Å²) in [5, 5.41) is 13.1. The molecule has 20 heavy (non-hydrogen) atoms. The van der Waals surface area contributed by atoms with Crippen molar-refractivity contribution in [1.82, 2.24) is 10.2 Å². The molecular weight excluding hydrogens is 259 g/mol. The van der Waals surface area contributed by atoms with Crippen molar-refractivity contribution in [2.75, 3.05) is 19.6 Å². The molecule has 1 amide bonds. The van der Waals surface area contributed by atoms with E-state index in [-0.39, 0.29) is 17.2 Å². The average molecular weight is 280 g/mol. The van der Waals surface area contributed by atoms with Crippen LogP contribution in [0.2, 0.25) is 0 Å². The highest BCUT2D eigenvalue weighted by molar-refractivity contribution is 5.96. The van der Waals surface area contributed by atoms with Crippen LogP contribution in [0.1, 0.15) is 36.5 Å². The van der Waals surface area contributed by atoms with Crippen molar-refractivity contribution in [3.05, 3.63) is 29.6 Å². The Morgan fingerprint density at radius 3 is 2.95 bits per heavy atom. The normalized spacial score (nSPS) is 18.2. The van der Waals surface area contributed by atoms with Gasteiger partial charge in [-0.1, -0.05) is 6.92 Å². The van der Waals surface area contributed by atoms with E-state index in [0.717, 1.165) is 31.9 Å². The summed E-state index contributed by atoms with van der Waals surface area (Å²) in [7, 11) is 0. The van der Waals surface area contributed by atoms with Crippen molar-refractivity contribution in [1.29, 1.82) is 0 Å². The van der Waals surface area contributed by atoms with Crippen LogP contribution in [0.3, 0.4) is 0 Å². The van der Waals surface area contributed by atoms with E-state index in [1.165, 1.54) is 12.1 Å². The Balaban J connectivity index is 2.12. The minimum absolute atomic E-state index is 0.165. The molecule has 1 aliphatic heterocycles. The van der Waals surface area contributed by atoms with Crippen LogP contribution in [0.5, 0.6) is 5.75 Å². The number of nitrogens with zero attached hydrogens (tertiary/aromatic N) is 1. The number of phenolic OH excluding ortho intramolecular Hbond substituents is 1. The Morgan fingerprint density at radius 1 is 1.55 bits per heavy atom. The lowest BCUT2D eigenvalue weighted by Gasteiger charge is -2.26. The zero-order chi connectivity index (χ0) is 14.5. The summed E-state index contributed by atoms with van der Waals surface area (Å²) < 4.78 is 13.0. The summed E-state index contributed by atoms with van der Waals surface area (Å²) in [6, 6.07) is 3.83. The molecule has 1 saturated heterocycles. The average Bonchev–Trinajstić information content (AvgIpc) is 2.90. The summed E-state index contributed by atoms with van der Waals surface area (Å²) in [6.07, 6.45) is 3.03. The van der Waals surface area contributed by atoms with E-state index in [9.17, 15) is 14.3 Å². The van der Waals surface area contributed by atoms with Gasteiger partial charge in [0, 0.05) is 25.2 Å². The minimum Gasteiger partial charge on any atom is -0.507 e. The second kappa shape index (κ2) is 6.70. The van der Waals surface area contributed by atoms with Gasteiger partial charge < -0.3 is 15.3 Å². The lowest BCUT2D eigenvalue weighted by atomic mass is 10.1. The predicted molar refractivity (Wildman–Crippen MR) is 75.3 cm³/mol. The molecule has 0 radical (unpaired) electrons. The first-order valence-electron chi connectivity index (χ1n) is 7.13. The fraction of sp³-hybridized carbons (Fsp3) is 0.533. The molecule has 4 nitrogen and oxygen atoms in total. The standard InChI is InChI=1S/C15H21FN2O2/c1-2-8-18(10-12-4-3-7-17-12)15(20)13-6-5-11(16)9-14(13)19/h5-6,9,12,17,19H,2-4,7-8,10H2,1H3. The van der Waals surface area contributed by atoms with Crippen molar-refractivity contribution in [3.8, 4) is 5.75 Å². The Labute approximate surface area is 118 Å². The van der Waals surface area contributed by atoms with Crippen molar-refractivity contribution < 1.29 is 14.3 Å². The fourth-order valence-electron chi connectivity index (χ4n) is 2.58. The number of carbonyl (C=O) groups excluding carboxylic acids is 1. The molecule has 0 spiro atoms. The van der Waals surface area contributed by atoms with Crippen LogP contribution in [0.4, 0.5) is 4.39 Å². The van der Waals surface area contributed by atoms with E-state index < -0.39 is 5.82 Å². The third-order valence-electron chi connectivity index (χ3n) is 3.57. The molecule has 1 aromatic carbocycles. The van der Waals surface area contributed by atoms with Gasteiger partial charge in [-0.3, -0.25) is 4.79 Å². The van der Waals surface area contributed by atoms with Crippen molar-refractivity contribution in [2.45, 2.75) is 32.2 Å². The quantitative estimate of drug-likeness (QED) is 0.869. The highest BCUT2D eigenvalue weighted by atomic mass is 19.1. The molecule has 1 aliphatic rings. The van der Waals surface area contributed by atoms with Gasteiger partial charge in [-0.15, -0.1) is 0 Å². The van der Waals surface area contributed by atoms with Crippen molar-refractivity contribution in [3.63, 3.8) is 0 Å². The summed E-state index contributed by atoms with van der Waals surface area (Å²) in [5.74, 6) is -1.08. The number of carbonyl (C=O) groups is 1.